The van der Waals surface area contributed by atoms with Gasteiger partial charge in [0.2, 0.25) is 5.91 Å². The van der Waals surface area contributed by atoms with Crippen LogP contribution in [0.25, 0.3) is 0 Å². The summed E-state index contributed by atoms with van der Waals surface area (Å²) in [5, 5.41) is 13.7. The number of benzene rings is 2. The molecule has 6 nitrogen and oxygen atoms in total. The average molecular weight is 326 g/mol. The molecule has 1 saturated carbocycles. The summed E-state index contributed by atoms with van der Waals surface area (Å²) in [6.07, 6.45) is 1.45. The Kier molecular flexibility index (Phi) is 3.97. The highest BCUT2D eigenvalue weighted by atomic mass is 16.6. The number of ether oxygens (including phenoxy) is 1. The van der Waals surface area contributed by atoms with Crippen molar-refractivity contribution < 1.29 is 14.5 Å². The van der Waals surface area contributed by atoms with E-state index in [1.54, 1.807) is 19.2 Å². The van der Waals surface area contributed by atoms with Crippen LogP contribution in [0.15, 0.2) is 42.5 Å². The van der Waals surface area contributed by atoms with Crippen molar-refractivity contribution in [2.45, 2.75) is 25.2 Å². The minimum absolute atomic E-state index is 0.0234. The third-order valence-electron chi connectivity index (χ3n) is 4.42. The molecule has 0 aromatic heterocycles. The van der Waals surface area contributed by atoms with Crippen LogP contribution in [0.2, 0.25) is 0 Å². The zero-order valence-corrected chi connectivity index (χ0v) is 13.5. The van der Waals surface area contributed by atoms with Gasteiger partial charge in [0.1, 0.15) is 5.75 Å². The van der Waals surface area contributed by atoms with Gasteiger partial charge in [-0.25, -0.2) is 0 Å². The van der Waals surface area contributed by atoms with E-state index in [-0.39, 0.29) is 11.6 Å². The normalized spacial score (nSPS) is 14.8. The van der Waals surface area contributed by atoms with Crippen LogP contribution in [-0.2, 0) is 10.2 Å². The molecule has 1 fully saturated rings. The fraction of sp³-hybridized carbons (Fsp3) is 0.278. The van der Waals surface area contributed by atoms with E-state index in [0.717, 1.165) is 24.0 Å². The second kappa shape index (κ2) is 5.96. The van der Waals surface area contributed by atoms with Gasteiger partial charge >= 0.3 is 0 Å². The first-order chi connectivity index (χ1) is 11.5. The number of carbonyl (C=O) groups is 1. The molecule has 0 radical (unpaired) electrons. The number of aryl methyl sites for hydroxylation is 1. The van der Waals surface area contributed by atoms with E-state index in [1.807, 2.05) is 25.1 Å². The average Bonchev–Trinajstić information content (AvgIpc) is 3.37. The van der Waals surface area contributed by atoms with Crippen molar-refractivity contribution in [3.63, 3.8) is 0 Å². The van der Waals surface area contributed by atoms with E-state index in [9.17, 15) is 14.9 Å². The van der Waals surface area contributed by atoms with Crippen molar-refractivity contribution in [3.8, 4) is 5.75 Å². The SMILES string of the molecule is COc1ccc(C)cc1NC(=O)C1(c2ccc([N+](=O)[O-])cc2)CC1. The lowest BCUT2D eigenvalue weighted by atomic mass is 9.94. The van der Waals surface area contributed by atoms with Crippen molar-refractivity contribution in [1.82, 2.24) is 0 Å². The lowest BCUT2D eigenvalue weighted by Crippen LogP contribution is -2.28. The Hall–Kier alpha value is -2.89. The molecule has 0 atom stereocenters. The Balaban J connectivity index is 1.84. The largest absolute Gasteiger partial charge is 0.495 e. The number of methoxy groups -OCH3 is 1. The Morgan fingerprint density at radius 1 is 1.21 bits per heavy atom. The maximum absolute atomic E-state index is 12.8. The number of carbonyl (C=O) groups excluding carboxylic acids is 1. The number of nitrogens with zero attached hydrogens (tertiary/aromatic N) is 1. The fourth-order valence-corrected chi connectivity index (χ4v) is 2.84. The van der Waals surface area contributed by atoms with Gasteiger partial charge in [0.15, 0.2) is 0 Å². The summed E-state index contributed by atoms with van der Waals surface area (Å²) in [5.41, 5.74) is 1.87. The van der Waals surface area contributed by atoms with Gasteiger partial charge in [-0.15, -0.1) is 0 Å². The number of anilines is 1. The zero-order valence-electron chi connectivity index (χ0n) is 13.5. The third-order valence-corrected chi connectivity index (χ3v) is 4.42. The molecule has 1 amide bonds. The summed E-state index contributed by atoms with van der Waals surface area (Å²) in [6.45, 7) is 1.94. The molecule has 0 aliphatic heterocycles. The summed E-state index contributed by atoms with van der Waals surface area (Å²) >= 11 is 0. The number of rotatable bonds is 5. The maximum atomic E-state index is 12.8. The molecular weight excluding hydrogens is 308 g/mol. The molecule has 0 bridgehead atoms. The van der Waals surface area contributed by atoms with Crippen LogP contribution in [0.1, 0.15) is 24.0 Å². The molecule has 2 aromatic rings. The molecule has 124 valence electrons. The Morgan fingerprint density at radius 2 is 1.88 bits per heavy atom. The molecule has 0 heterocycles. The second-order valence-corrected chi connectivity index (χ2v) is 6.04. The molecular formula is C18H18N2O4. The Labute approximate surface area is 139 Å². The minimum Gasteiger partial charge on any atom is -0.495 e. The van der Waals surface area contributed by atoms with Crippen molar-refractivity contribution in [3.05, 3.63) is 63.7 Å². The van der Waals surface area contributed by atoms with Gasteiger partial charge in [0, 0.05) is 12.1 Å². The smallest absolute Gasteiger partial charge is 0.269 e. The minimum atomic E-state index is -0.607. The predicted octanol–water partition coefficient (Wildman–Crippen LogP) is 3.58. The van der Waals surface area contributed by atoms with Crippen LogP contribution in [0.3, 0.4) is 0 Å². The van der Waals surface area contributed by atoms with E-state index in [1.165, 1.54) is 12.1 Å². The number of non-ortho nitro benzene ring substituents is 1. The Morgan fingerprint density at radius 3 is 2.42 bits per heavy atom. The van der Waals surface area contributed by atoms with Crippen molar-refractivity contribution in [2.75, 3.05) is 12.4 Å². The zero-order chi connectivity index (χ0) is 17.3. The second-order valence-electron chi connectivity index (χ2n) is 6.04. The summed E-state index contributed by atoms with van der Waals surface area (Å²) in [6, 6.07) is 11.8. The van der Waals surface area contributed by atoms with Gasteiger partial charge in [-0.1, -0.05) is 18.2 Å². The third kappa shape index (κ3) is 2.82. The highest BCUT2D eigenvalue weighted by Crippen LogP contribution is 2.49. The van der Waals surface area contributed by atoms with Gasteiger partial charge in [-0.05, 0) is 43.0 Å². The first-order valence-corrected chi connectivity index (χ1v) is 7.67. The van der Waals surface area contributed by atoms with E-state index < -0.39 is 10.3 Å². The van der Waals surface area contributed by atoms with Crippen LogP contribution < -0.4 is 10.1 Å². The van der Waals surface area contributed by atoms with E-state index in [0.29, 0.717) is 11.4 Å². The molecule has 3 rings (SSSR count). The molecule has 1 aliphatic rings. The van der Waals surface area contributed by atoms with Gasteiger partial charge in [-0.3, -0.25) is 14.9 Å². The monoisotopic (exact) mass is 326 g/mol. The summed E-state index contributed by atoms with van der Waals surface area (Å²) in [4.78, 5) is 23.1. The molecule has 6 heteroatoms. The predicted molar refractivity (Wildman–Crippen MR) is 90.4 cm³/mol. The maximum Gasteiger partial charge on any atom is 0.269 e. The quantitative estimate of drug-likeness (QED) is 0.672. The number of nitrogens with one attached hydrogen (secondary N) is 1. The van der Waals surface area contributed by atoms with Crippen LogP contribution >= 0.6 is 0 Å². The fourth-order valence-electron chi connectivity index (χ4n) is 2.84. The lowest BCUT2D eigenvalue weighted by Gasteiger charge is -2.17. The van der Waals surface area contributed by atoms with Crippen LogP contribution in [0.5, 0.6) is 5.75 Å². The summed E-state index contributed by atoms with van der Waals surface area (Å²) in [5.74, 6) is 0.494. The first kappa shape index (κ1) is 16.0. The molecule has 1 N–H and O–H groups in total. The summed E-state index contributed by atoms with van der Waals surface area (Å²) < 4.78 is 5.29. The van der Waals surface area contributed by atoms with Crippen molar-refractivity contribution in [2.24, 2.45) is 0 Å². The van der Waals surface area contributed by atoms with Gasteiger partial charge in [-0.2, -0.15) is 0 Å². The number of hydrogen-bond acceptors (Lipinski definition) is 4. The van der Waals surface area contributed by atoms with Gasteiger partial charge in [0.05, 0.1) is 23.1 Å². The molecule has 1 aliphatic carbocycles. The number of nitro benzene ring substituents is 1. The van der Waals surface area contributed by atoms with E-state index in [2.05, 4.69) is 5.32 Å². The van der Waals surface area contributed by atoms with Crippen LogP contribution in [0, 0.1) is 17.0 Å². The van der Waals surface area contributed by atoms with Crippen molar-refractivity contribution in [1.29, 1.82) is 0 Å². The number of amides is 1. The molecule has 0 unspecified atom stereocenters. The standard InChI is InChI=1S/C18H18N2O4/c1-12-3-8-16(24-2)15(11-12)19-17(21)18(9-10-18)13-4-6-14(7-5-13)20(22)23/h3-8,11H,9-10H2,1-2H3,(H,19,21). The van der Waals surface area contributed by atoms with Crippen molar-refractivity contribution >= 4 is 17.3 Å². The Bertz CT molecular complexity index is 795. The molecule has 24 heavy (non-hydrogen) atoms. The van der Waals surface area contributed by atoms with Gasteiger partial charge < -0.3 is 10.1 Å². The van der Waals surface area contributed by atoms with E-state index in [4.69, 9.17) is 4.74 Å². The highest BCUT2D eigenvalue weighted by molar-refractivity contribution is 6.02. The van der Waals surface area contributed by atoms with E-state index >= 15 is 0 Å². The lowest BCUT2D eigenvalue weighted by molar-refractivity contribution is -0.384. The molecule has 0 spiro atoms. The first-order valence-electron chi connectivity index (χ1n) is 7.67. The van der Waals surface area contributed by atoms with Crippen LogP contribution in [-0.4, -0.2) is 17.9 Å². The summed E-state index contributed by atoms with van der Waals surface area (Å²) in [7, 11) is 1.56. The highest BCUT2D eigenvalue weighted by Gasteiger charge is 2.51. The van der Waals surface area contributed by atoms with Crippen LogP contribution in [0.4, 0.5) is 11.4 Å². The molecule has 0 saturated heterocycles. The number of nitro groups is 1. The van der Waals surface area contributed by atoms with Gasteiger partial charge in [0.25, 0.3) is 5.69 Å². The number of hydrogen-bond donors (Lipinski definition) is 1. The topological polar surface area (TPSA) is 81.5 Å². The molecule has 2 aromatic carbocycles.